The molecule has 24 heavy (non-hydrogen) atoms. The summed E-state index contributed by atoms with van der Waals surface area (Å²) < 4.78 is 16.5. The molecule has 6 heteroatoms. The molecule has 136 valence electrons. The summed E-state index contributed by atoms with van der Waals surface area (Å²) >= 11 is 0. The van der Waals surface area contributed by atoms with Gasteiger partial charge in [0, 0.05) is 55.9 Å². The van der Waals surface area contributed by atoms with Crippen LogP contribution >= 0.6 is 0 Å². The quantitative estimate of drug-likeness (QED) is 0.789. The van der Waals surface area contributed by atoms with Gasteiger partial charge in [0.1, 0.15) is 5.75 Å². The van der Waals surface area contributed by atoms with Gasteiger partial charge in [0.05, 0.1) is 21.3 Å². The summed E-state index contributed by atoms with van der Waals surface area (Å²) in [5.41, 5.74) is 0.681. The second kappa shape index (κ2) is 8.05. The summed E-state index contributed by atoms with van der Waals surface area (Å²) in [5.74, 6) is 2.05. The van der Waals surface area contributed by atoms with Gasteiger partial charge in [0.15, 0.2) is 11.5 Å². The molecule has 0 unspecified atom stereocenters. The van der Waals surface area contributed by atoms with E-state index >= 15 is 0 Å². The van der Waals surface area contributed by atoms with Crippen LogP contribution in [0, 0.1) is 5.41 Å². The number of methoxy groups -OCH3 is 3. The molecule has 1 aliphatic heterocycles. The Morgan fingerprint density at radius 3 is 2.08 bits per heavy atom. The molecule has 2 rings (SSSR count). The maximum absolute atomic E-state index is 10.0. The van der Waals surface area contributed by atoms with Gasteiger partial charge >= 0.3 is 0 Å². The van der Waals surface area contributed by atoms with Crippen molar-refractivity contribution in [3.63, 3.8) is 0 Å². The van der Waals surface area contributed by atoms with Crippen molar-refractivity contribution in [2.75, 3.05) is 54.1 Å². The van der Waals surface area contributed by atoms with Crippen LogP contribution in [0.4, 0.5) is 0 Å². The minimum atomic E-state index is -0.329. The Kier molecular flexibility index (Phi) is 6.32. The van der Waals surface area contributed by atoms with Crippen molar-refractivity contribution in [1.29, 1.82) is 0 Å². The maximum Gasteiger partial charge on any atom is 0.164 e. The molecule has 1 aromatic carbocycles. The molecule has 0 aliphatic carbocycles. The third kappa shape index (κ3) is 3.77. The van der Waals surface area contributed by atoms with Crippen LogP contribution in [0.25, 0.3) is 0 Å². The van der Waals surface area contributed by atoms with Crippen LogP contribution in [0.1, 0.15) is 25.5 Å². The van der Waals surface area contributed by atoms with E-state index in [-0.39, 0.29) is 18.1 Å². The first-order valence-electron chi connectivity index (χ1n) is 8.34. The molecule has 0 aromatic heterocycles. The van der Waals surface area contributed by atoms with Crippen molar-refractivity contribution in [2.45, 2.75) is 19.9 Å². The summed E-state index contributed by atoms with van der Waals surface area (Å²) in [4.78, 5) is 2.40. The molecule has 1 fully saturated rings. The highest BCUT2D eigenvalue weighted by Gasteiger charge is 2.38. The van der Waals surface area contributed by atoms with Gasteiger partial charge in [-0.2, -0.15) is 0 Å². The lowest BCUT2D eigenvalue weighted by atomic mass is 9.79. The van der Waals surface area contributed by atoms with Crippen molar-refractivity contribution in [3.05, 3.63) is 17.7 Å². The van der Waals surface area contributed by atoms with E-state index in [1.807, 2.05) is 12.1 Å². The molecule has 0 amide bonds. The van der Waals surface area contributed by atoms with Crippen LogP contribution in [0.15, 0.2) is 12.1 Å². The first-order valence-corrected chi connectivity index (χ1v) is 8.34. The molecule has 1 aliphatic rings. The van der Waals surface area contributed by atoms with Crippen molar-refractivity contribution in [3.8, 4) is 17.2 Å². The Labute approximate surface area is 144 Å². The minimum Gasteiger partial charge on any atom is -0.496 e. The predicted octanol–water partition coefficient (Wildman–Crippen LogP) is 1.68. The smallest absolute Gasteiger partial charge is 0.164 e. The predicted molar refractivity (Wildman–Crippen MR) is 94.1 cm³/mol. The molecule has 1 heterocycles. The number of benzene rings is 1. The Bertz CT molecular complexity index is 542. The van der Waals surface area contributed by atoms with Crippen LogP contribution in [0.2, 0.25) is 0 Å². The topological polar surface area (TPSA) is 63.2 Å². The van der Waals surface area contributed by atoms with E-state index < -0.39 is 0 Å². The molecule has 0 saturated carbocycles. The van der Waals surface area contributed by atoms with Gasteiger partial charge in [-0.3, -0.25) is 4.90 Å². The standard InChI is InChI=1S/C18H30N2O4/c1-18(2,12-21)17(20-8-6-19-7-9-20)13-10-15(23-4)16(24-5)11-14(13)22-3/h10-11,17,19,21H,6-9,12H2,1-5H3/t17-/m1/s1. The zero-order valence-corrected chi connectivity index (χ0v) is 15.4. The number of nitrogens with one attached hydrogen (secondary N) is 1. The Morgan fingerprint density at radius 1 is 1.04 bits per heavy atom. The molecule has 1 aromatic rings. The van der Waals surface area contributed by atoms with E-state index in [9.17, 15) is 5.11 Å². The molecule has 0 spiro atoms. The first kappa shape index (κ1) is 18.8. The van der Waals surface area contributed by atoms with E-state index in [1.54, 1.807) is 21.3 Å². The molecule has 1 atom stereocenters. The number of aliphatic hydroxyl groups excluding tert-OH is 1. The Balaban J connectivity index is 2.55. The van der Waals surface area contributed by atoms with Gasteiger partial charge in [-0.25, -0.2) is 0 Å². The fraction of sp³-hybridized carbons (Fsp3) is 0.667. The van der Waals surface area contributed by atoms with Crippen molar-refractivity contribution in [1.82, 2.24) is 10.2 Å². The SMILES string of the molecule is COc1cc(OC)c([C@@H](N2CCNCC2)C(C)(C)CO)cc1OC. The molecule has 2 N–H and O–H groups in total. The van der Waals surface area contributed by atoms with E-state index in [1.165, 1.54) is 0 Å². The number of nitrogens with zero attached hydrogens (tertiary/aromatic N) is 1. The van der Waals surface area contributed by atoms with Gasteiger partial charge in [-0.1, -0.05) is 13.8 Å². The van der Waals surface area contributed by atoms with Gasteiger partial charge < -0.3 is 24.6 Å². The summed E-state index contributed by atoms with van der Waals surface area (Å²) in [6.45, 7) is 7.96. The van der Waals surface area contributed by atoms with E-state index in [2.05, 4.69) is 24.1 Å². The summed E-state index contributed by atoms with van der Waals surface area (Å²) in [5, 5.41) is 13.4. The highest BCUT2D eigenvalue weighted by atomic mass is 16.5. The third-order valence-electron chi connectivity index (χ3n) is 4.69. The average molecular weight is 338 g/mol. The number of aliphatic hydroxyl groups is 1. The lowest BCUT2D eigenvalue weighted by Gasteiger charge is -2.44. The fourth-order valence-corrected chi connectivity index (χ4v) is 3.41. The largest absolute Gasteiger partial charge is 0.496 e. The van der Waals surface area contributed by atoms with Crippen LogP contribution < -0.4 is 19.5 Å². The lowest BCUT2D eigenvalue weighted by molar-refractivity contribution is 0.0291. The molecular weight excluding hydrogens is 308 g/mol. The van der Waals surface area contributed by atoms with E-state index in [0.29, 0.717) is 11.5 Å². The van der Waals surface area contributed by atoms with Gasteiger partial charge in [0.2, 0.25) is 0 Å². The van der Waals surface area contributed by atoms with E-state index in [4.69, 9.17) is 14.2 Å². The molecule has 6 nitrogen and oxygen atoms in total. The maximum atomic E-state index is 10.0. The number of hydrogen-bond donors (Lipinski definition) is 2. The number of rotatable bonds is 7. The zero-order chi connectivity index (χ0) is 17.7. The fourth-order valence-electron chi connectivity index (χ4n) is 3.41. The number of piperazine rings is 1. The van der Waals surface area contributed by atoms with E-state index in [0.717, 1.165) is 37.5 Å². The van der Waals surface area contributed by atoms with Gasteiger partial charge in [-0.05, 0) is 6.07 Å². The molecular formula is C18H30N2O4. The van der Waals surface area contributed by atoms with Crippen molar-refractivity contribution < 1.29 is 19.3 Å². The zero-order valence-electron chi connectivity index (χ0n) is 15.4. The minimum absolute atomic E-state index is 0.0133. The second-order valence-electron chi connectivity index (χ2n) is 6.78. The van der Waals surface area contributed by atoms with Crippen LogP contribution in [-0.2, 0) is 0 Å². The lowest BCUT2D eigenvalue weighted by Crippen LogP contribution is -2.49. The van der Waals surface area contributed by atoms with Crippen LogP contribution in [-0.4, -0.2) is 64.1 Å². The van der Waals surface area contributed by atoms with Crippen molar-refractivity contribution in [2.24, 2.45) is 5.41 Å². The highest BCUT2D eigenvalue weighted by molar-refractivity contribution is 5.52. The van der Waals surface area contributed by atoms with Crippen molar-refractivity contribution >= 4 is 0 Å². The molecule has 1 saturated heterocycles. The normalized spacial score (nSPS) is 17.4. The third-order valence-corrected chi connectivity index (χ3v) is 4.69. The first-order chi connectivity index (χ1) is 11.5. The van der Waals surface area contributed by atoms with Gasteiger partial charge in [-0.15, -0.1) is 0 Å². The van der Waals surface area contributed by atoms with Gasteiger partial charge in [0.25, 0.3) is 0 Å². The average Bonchev–Trinajstić information content (AvgIpc) is 2.62. The Morgan fingerprint density at radius 2 is 1.58 bits per heavy atom. The summed E-state index contributed by atoms with van der Waals surface area (Å²) in [7, 11) is 4.90. The summed E-state index contributed by atoms with van der Waals surface area (Å²) in [6, 6.07) is 3.85. The van der Waals surface area contributed by atoms with Crippen LogP contribution in [0.5, 0.6) is 17.2 Å². The molecule has 0 bridgehead atoms. The highest BCUT2D eigenvalue weighted by Crippen LogP contribution is 2.46. The summed E-state index contributed by atoms with van der Waals surface area (Å²) in [6.07, 6.45) is 0. The van der Waals surface area contributed by atoms with Crippen LogP contribution in [0.3, 0.4) is 0 Å². The monoisotopic (exact) mass is 338 g/mol. The Hall–Kier alpha value is -1.50. The molecule has 0 radical (unpaired) electrons. The number of hydrogen-bond acceptors (Lipinski definition) is 6. The second-order valence-corrected chi connectivity index (χ2v) is 6.78. The number of ether oxygens (including phenoxy) is 3.